The molecule has 1 atom stereocenters. The van der Waals surface area contributed by atoms with Gasteiger partial charge in [-0.3, -0.25) is 5.43 Å². The van der Waals surface area contributed by atoms with Gasteiger partial charge >= 0.3 is 6.18 Å². The Labute approximate surface area is 120 Å². The van der Waals surface area contributed by atoms with Crippen molar-refractivity contribution in [2.75, 3.05) is 17.3 Å². The zero-order chi connectivity index (χ0) is 15.7. The zero-order valence-corrected chi connectivity index (χ0v) is 11.8. The lowest BCUT2D eigenvalue weighted by Crippen LogP contribution is -2.40. The van der Waals surface area contributed by atoms with Crippen molar-refractivity contribution in [3.8, 4) is 0 Å². The van der Waals surface area contributed by atoms with Gasteiger partial charge in [-0.05, 0) is 26.7 Å². The van der Waals surface area contributed by atoms with Crippen molar-refractivity contribution >= 4 is 11.8 Å². The lowest BCUT2D eigenvalue weighted by molar-refractivity contribution is -0.141. The number of ether oxygens (including phenoxy) is 1. The highest BCUT2D eigenvalue weighted by molar-refractivity contribution is 5.43. The lowest BCUT2D eigenvalue weighted by Gasteiger charge is -2.36. The highest BCUT2D eigenvalue weighted by Gasteiger charge is 2.34. The largest absolute Gasteiger partial charge is 0.433 e. The number of halogens is 3. The van der Waals surface area contributed by atoms with Crippen LogP contribution in [0.15, 0.2) is 6.07 Å². The molecule has 1 fully saturated rings. The number of nitrogens with two attached hydrogens (primary N) is 1. The Morgan fingerprint density at radius 1 is 1.38 bits per heavy atom. The Morgan fingerprint density at radius 3 is 2.67 bits per heavy atom. The number of nitrogens with zero attached hydrogens (tertiary/aromatic N) is 2. The molecule has 9 heteroatoms. The van der Waals surface area contributed by atoms with Crippen LogP contribution in [0, 0.1) is 0 Å². The van der Waals surface area contributed by atoms with Crippen LogP contribution >= 0.6 is 0 Å². The highest BCUT2D eigenvalue weighted by Crippen LogP contribution is 2.31. The molecule has 4 N–H and O–H groups in total. The molecule has 0 radical (unpaired) electrons. The fourth-order valence-corrected chi connectivity index (χ4v) is 2.30. The first kappa shape index (κ1) is 15.8. The average Bonchev–Trinajstić information content (AvgIpc) is 2.36. The minimum absolute atomic E-state index is 0.0182. The first-order valence-electron chi connectivity index (χ1n) is 6.53. The van der Waals surface area contributed by atoms with Crippen molar-refractivity contribution in [2.45, 2.75) is 44.5 Å². The van der Waals surface area contributed by atoms with Crippen LogP contribution in [-0.4, -0.2) is 28.2 Å². The molecular formula is C12H18F3N5O. The Bertz CT molecular complexity index is 506. The smallest absolute Gasteiger partial charge is 0.375 e. The van der Waals surface area contributed by atoms with E-state index in [1.807, 2.05) is 19.3 Å². The second-order valence-electron chi connectivity index (χ2n) is 5.55. The van der Waals surface area contributed by atoms with Gasteiger partial charge in [-0.1, -0.05) is 0 Å². The summed E-state index contributed by atoms with van der Waals surface area (Å²) < 4.78 is 43.9. The number of anilines is 2. The number of hydrogen-bond acceptors (Lipinski definition) is 6. The molecule has 1 saturated heterocycles. The minimum Gasteiger partial charge on any atom is -0.375 e. The SMILES string of the molecule is CC1(C)CC(Nc2cc(C(F)(F)F)nc(NN)n2)CCO1. The molecule has 1 unspecified atom stereocenters. The van der Waals surface area contributed by atoms with Crippen molar-refractivity contribution in [2.24, 2.45) is 5.84 Å². The summed E-state index contributed by atoms with van der Waals surface area (Å²) in [4.78, 5) is 7.22. The van der Waals surface area contributed by atoms with Gasteiger partial charge in [0.25, 0.3) is 0 Å². The molecule has 1 aromatic rings. The number of nitrogen functional groups attached to an aromatic ring is 1. The third-order valence-corrected chi connectivity index (χ3v) is 3.19. The topological polar surface area (TPSA) is 85.1 Å². The first-order chi connectivity index (χ1) is 9.69. The molecule has 21 heavy (non-hydrogen) atoms. The molecule has 1 aliphatic heterocycles. The van der Waals surface area contributed by atoms with E-state index in [2.05, 4.69) is 15.3 Å². The van der Waals surface area contributed by atoms with Gasteiger partial charge in [-0.15, -0.1) is 0 Å². The van der Waals surface area contributed by atoms with E-state index in [9.17, 15) is 13.2 Å². The zero-order valence-electron chi connectivity index (χ0n) is 11.8. The second-order valence-corrected chi connectivity index (χ2v) is 5.55. The molecule has 0 spiro atoms. The van der Waals surface area contributed by atoms with E-state index < -0.39 is 11.9 Å². The van der Waals surface area contributed by atoms with E-state index in [-0.39, 0.29) is 23.4 Å². The highest BCUT2D eigenvalue weighted by atomic mass is 19.4. The van der Waals surface area contributed by atoms with Crippen molar-refractivity contribution in [1.29, 1.82) is 0 Å². The van der Waals surface area contributed by atoms with Crippen LogP contribution in [0.2, 0.25) is 0 Å². The Kier molecular flexibility index (Phi) is 4.24. The summed E-state index contributed by atoms with van der Waals surface area (Å²) in [6.45, 7) is 4.42. The first-order valence-corrected chi connectivity index (χ1v) is 6.53. The van der Waals surface area contributed by atoms with Crippen LogP contribution in [-0.2, 0) is 10.9 Å². The molecule has 1 aromatic heterocycles. The van der Waals surface area contributed by atoms with Crippen molar-refractivity contribution in [1.82, 2.24) is 9.97 Å². The molecule has 0 aromatic carbocycles. The molecule has 118 valence electrons. The summed E-state index contributed by atoms with van der Waals surface area (Å²) >= 11 is 0. The van der Waals surface area contributed by atoms with Gasteiger partial charge < -0.3 is 10.1 Å². The molecule has 0 aliphatic carbocycles. The van der Waals surface area contributed by atoms with Gasteiger partial charge in [0.1, 0.15) is 5.82 Å². The summed E-state index contributed by atoms with van der Waals surface area (Å²) in [6, 6.07) is 0.860. The number of hydrogen-bond donors (Lipinski definition) is 3. The molecule has 0 amide bonds. The van der Waals surface area contributed by atoms with Crippen LogP contribution < -0.4 is 16.6 Å². The second kappa shape index (κ2) is 5.64. The monoisotopic (exact) mass is 305 g/mol. The normalized spacial score (nSPS) is 21.9. The number of aromatic nitrogens is 2. The van der Waals surface area contributed by atoms with E-state index in [1.54, 1.807) is 0 Å². The molecule has 2 heterocycles. The van der Waals surface area contributed by atoms with Gasteiger partial charge in [-0.2, -0.15) is 18.2 Å². The Hall–Kier alpha value is -1.61. The number of alkyl halides is 3. The summed E-state index contributed by atoms with van der Waals surface area (Å²) in [6.07, 6.45) is -3.19. The molecule has 0 bridgehead atoms. The van der Waals surface area contributed by atoms with Crippen LogP contribution in [0.25, 0.3) is 0 Å². The van der Waals surface area contributed by atoms with E-state index in [1.165, 1.54) is 0 Å². The molecular weight excluding hydrogens is 287 g/mol. The quantitative estimate of drug-likeness (QED) is 0.586. The summed E-state index contributed by atoms with van der Waals surface area (Å²) in [5.74, 6) is 4.93. The molecule has 2 rings (SSSR count). The lowest BCUT2D eigenvalue weighted by atomic mass is 9.94. The number of rotatable bonds is 3. The van der Waals surface area contributed by atoms with Crippen LogP contribution in [0.3, 0.4) is 0 Å². The molecule has 0 saturated carbocycles. The van der Waals surface area contributed by atoms with E-state index in [0.29, 0.717) is 19.4 Å². The number of hydrazine groups is 1. The van der Waals surface area contributed by atoms with Crippen molar-refractivity contribution < 1.29 is 17.9 Å². The Balaban J connectivity index is 2.19. The third kappa shape index (κ3) is 4.18. The van der Waals surface area contributed by atoms with E-state index in [4.69, 9.17) is 10.6 Å². The maximum absolute atomic E-state index is 12.8. The fourth-order valence-electron chi connectivity index (χ4n) is 2.30. The third-order valence-electron chi connectivity index (χ3n) is 3.19. The molecule has 1 aliphatic rings. The maximum Gasteiger partial charge on any atom is 0.433 e. The predicted molar refractivity (Wildman–Crippen MR) is 71.5 cm³/mol. The van der Waals surface area contributed by atoms with Crippen molar-refractivity contribution in [3.63, 3.8) is 0 Å². The molecule has 6 nitrogen and oxygen atoms in total. The maximum atomic E-state index is 12.8. The summed E-state index contributed by atoms with van der Waals surface area (Å²) in [5.41, 5.74) is 0.689. The summed E-state index contributed by atoms with van der Waals surface area (Å²) in [5, 5.41) is 3.00. The predicted octanol–water partition coefficient (Wildman–Crippen LogP) is 2.15. The van der Waals surface area contributed by atoms with Gasteiger partial charge in [0.05, 0.1) is 5.60 Å². The fraction of sp³-hybridized carbons (Fsp3) is 0.667. The van der Waals surface area contributed by atoms with Crippen LogP contribution in [0.4, 0.5) is 24.9 Å². The van der Waals surface area contributed by atoms with Gasteiger partial charge in [0.2, 0.25) is 5.95 Å². The minimum atomic E-state index is -4.56. The summed E-state index contributed by atoms with van der Waals surface area (Å²) in [7, 11) is 0. The Morgan fingerprint density at radius 2 is 2.10 bits per heavy atom. The van der Waals surface area contributed by atoms with E-state index >= 15 is 0 Å². The van der Waals surface area contributed by atoms with Gasteiger partial charge in [0, 0.05) is 18.7 Å². The van der Waals surface area contributed by atoms with Crippen molar-refractivity contribution in [3.05, 3.63) is 11.8 Å². The van der Waals surface area contributed by atoms with Crippen LogP contribution in [0.5, 0.6) is 0 Å². The van der Waals surface area contributed by atoms with E-state index in [0.717, 1.165) is 6.07 Å². The average molecular weight is 305 g/mol. The number of nitrogens with one attached hydrogen (secondary N) is 2. The van der Waals surface area contributed by atoms with Gasteiger partial charge in [-0.25, -0.2) is 10.8 Å². The van der Waals surface area contributed by atoms with Gasteiger partial charge in [0.15, 0.2) is 5.69 Å². The van der Waals surface area contributed by atoms with Crippen LogP contribution in [0.1, 0.15) is 32.4 Å². The standard InChI is InChI=1S/C12H18F3N5O/c1-11(2)6-7(3-4-21-11)17-9-5-8(12(13,14)15)18-10(19-9)20-16/h5,7H,3-4,6,16H2,1-2H3,(H2,17,18,19,20).